The molecule has 1 fully saturated rings. The summed E-state index contributed by atoms with van der Waals surface area (Å²) in [5.74, 6) is -0.772. The van der Waals surface area contributed by atoms with E-state index in [4.69, 9.17) is 10.5 Å². The average molecular weight is 473 g/mol. The van der Waals surface area contributed by atoms with Crippen LogP contribution in [0.25, 0.3) is 0 Å². The van der Waals surface area contributed by atoms with E-state index in [9.17, 15) is 29.6 Å². The molecule has 13 heteroatoms. The molecule has 0 aromatic heterocycles. The van der Waals surface area contributed by atoms with Gasteiger partial charge in [0.2, 0.25) is 5.91 Å². The lowest BCUT2D eigenvalue weighted by Gasteiger charge is -2.30. The third-order valence-electron chi connectivity index (χ3n) is 4.75. The summed E-state index contributed by atoms with van der Waals surface area (Å²) in [5.41, 5.74) is 5.32. The first-order chi connectivity index (χ1) is 14.5. The fraction of sp³-hybridized carbons (Fsp3) is 0.500. The number of thiol groups is 2. The molecule has 4 amide bonds. The second-order valence-corrected chi connectivity index (χ2v) is 8.44. The summed E-state index contributed by atoms with van der Waals surface area (Å²) >= 11 is 8.76. The number of hydrogen-bond acceptors (Lipinski definition) is 9. The highest BCUT2D eigenvalue weighted by Gasteiger charge is 2.42. The zero-order valence-electron chi connectivity index (χ0n) is 16.6. The Morgan fingerprint density at radius 2 is 2.00 bits per heavy atom. The lowest BCUT2D eigenvalue weighted by atomic mass is 10.1. The minimum absolute atomic E-state index is 0.132. The summed E-state index contributed by atoms with van der Waals surface area (Å²) in [6, 6.07) is 6.03. The molecule has 0 aliphatic carbocycles. The number of ether oxygens (including phenoxy) is 1. The summed E-state index contributed by atoms with van der Waals surface area (Å²) in [5, 5.41) is 20.0. The highest BCUT2D eigenvalue weighted by Crippen LogP contribution is 2.30. The summed E-state index contributed by atoms with van der Waals surface area (Å²) in [6.07, 6.45) is -4.04. The van der Waals surface area contributed by atoms with Gasteiger partial charge in [-0.15, -0.1) is 0 Å². The highest BCUT2D eigenvalue weighted by atomic mass is 32.1. The zero-order chi connectivity index (χ0) is 23.3. The molecule has 1 saturated heterocycles. The number of hydrogen-bond donors (Lipinski definition) is 4. The van der Waals surface area contributed by atoms with Crippen LogP contribution in [0.1, 0.15) is 31.6 Å². The number of rotatable bonds is 7. The molecule has 1 heterocycles. The van der Waals surface area contributed by atoms with Gasteiger partial charge in [-0.2, -0.15) is 25.3 Å². The van der Waals surface area contributed by atoms with Gasteiger partial charge in [0, 0.05) is 29.5 Å². The molecule has 31 heavy (non-hydrogen) atoms. The van der Waals surface area contributed by atoms with Crippen LogP contribution in [-0.2, 0) is 9.53 Å². The standard InChI is InChI=1S/C18H24N4O7S2/c1-10(23)21(17(19)25)15(24)8-14(31)13-7-12(30)9-20(13)18(26)29-16(22(27)28)11-5-3-2-4-6-11/h2-6,10,12-14,16,23,30-31H,7-9H2,1H3,(H2,19,25)/t10?,12-,13-,14?,16?/m0/s1. The number of nitrogens with two attached hydrogens (primary N) is 1. The van der Waals surface area contributed by atoms with E-state index >= 15 is 0 Å². The van der Waals surface area contributed by atoms with E-state index in [-0.39, 0.29) is 23.8 Å². The van der Waals surface area contributed by atoms with Crippen molar-refractivity contribution >= 4 is 43.3 Å². The SMILES string of the molecule is CC(O)N(C(N)=O)C(=O)CC(S)[C@@H]1C[C@H](S)CN1C(=O)OC(c1ccccc1)[N+](=O)[O-]. The van der Waals surface area contributed by atoms with Crippen molar-refractivity contribution in [3.8, 4) is 0 Å². The van der Waals surface area contributed by atoms with Gasteiger partial charge in [0.15, 0.2) is 0 Å². The fourth-order valence-corrected chi connectivity index (χ4v) is 4.19. The molecular formula is C18H24N4O7S2. The zero-order valence-corrected chi connectivity index (χ0v) is 18.4. The van der Waals surface area contributed by atoms with Crippen LogP contribution in [0.4, 0.5) is 9.59 Å². The van der Waals surface area contributed by atoms with Crippen molar-refractivity contribution in [3.63, 3.8) is 0 Å². The molecule has 11 nitrogen and oxygen atoms in total. The lowest BCUT2D eigenvalue weighted by Crippen LogP contribution is -2.49. The van der Waals surface area contributed by atoms with Gasteiger partial charge < -0.3 is 20.5 Å². The molecule has 1 aliphatic rings. The van der Waals surface area contributed by atoms with E-state index in [2.05, 4.69) is 25.3 Å². The number of benzene rings is 1. The predicted octanol–water partition coefficient (Wildman–Crippen LogP) is 1.41. The topological polar surface area (TPSA) is 156 Å². The Morgan fingerprint density at radius 3 is 2.52 bits per heavy atom. The first kappa shape index (κ1) is 24.8. The van der Waals surface area contributed by atoms with Crippen molar-refractivity contribution in [2.24, 2.45) is 5.73 Å². The minimum atomic E-state index is -1.70. The monoisotopic (exact) mass is 472 g/mol. The number of aliphatic hydroxyl groups excluding tert-OH is 1. The van der Waals surface area contributed by atoms with Gasteiger partial charge in [-0.3, -0.25) is 14.9 Å². The number of nitrogens with zero attached hydrogens (tertiary/aromatic N) is 3. The molecule has 3 unspecified atom stereocenters. The van der Waals surface area contributed by atoms with Crippen LogP contribution in [0.5, 0.6) is 0 Å². The van der Waals surface area contributed by atoms with Crippen LogP contribution in [-0.4, -0.2) is 67.2 Å². The number of nitro groups is 1. The third-order valence-corrected chi connectivity index (χ3v) is 5.65. The van der Waals surface area contributed by atoms with E-state index in [1.807, 2.05) is 0 Å². The Labute approximate surface area is 189 Å². The van der Waals surface area contributed by atoms with Crippen LogP contribution in [0.3, 0.4) is 0 Å². The number of imide groups is 1. The molecule has 5 atom stereocenters. The number of aliphatic hydroxyl groups is 1. The molecule has 1 aromatic rings. The molecular weight excluding hydrogens is 448 g/mol. The van der Waals surface area contributed by atoms with E-state index in [1.54, 1.807) is 18.2 Å². The maximum Gasteiger partial charge on any atom is 0.415 e. The second kappa shape index (κ2) is 10.7. The molecule has 170 valence electrons. The van der Waals surface area contributed by atoms with E-state index in [1.165, 1.54) is 24.0 Å². The van der Waals surface area contributed by atoms with Crippen LogP contribution in [0, 0.1) is 10.1 Å². The number of primary amides is 1. The Kier molecular flexibility index (Phi) is 8.53. The van der Waals surface area contributed by atoms with Gasteiger partial charge in [-0.05, 0) is 25.5 Å². The predicted molar refractivity (Wildman–Crippen MR) is 116 cm³/mol. The van der Waals surface area contributed by atoms with Gasteiger partial charge in [0.05, 0.1) is 10.5 Å². The summed E-state index contributed by atoms with van der Waals surface area (Å²) < 4.78 is 5.15. The van der Waals surface area contributed by atoms with E-state index < -0.39 is 46.7 Å². The summed E-state index contributed by atoms with van der Waals surface area (Å²) in [7, 11) is 0. The lowest BCUT2D eigenvalue weighted by molar-refractivity contribution is -0.575. The maximum absolute atomic E-state index is 12.8. The quantitative estimate of drug-likeness (QED) is 0.202. The second-order valence-electron chi connectivity index (χ2n) is 7.05. The summed E-state index contributed by atoms with van der Waals surface area (Å²) in [4.78, 5) is 49.0. The van der Waals surface area contributed by atoms with Crippen LogP contribution in [0.2, 0.25) is 0 Å². The van der Waals surface area contributed by atoms with Crippen molar-refractivity contribution in [2.75, 3.05) is 6.54 Å². The maximum atomic E-state index is 12.8. The largest absolute Gasteiger partial charge is 0.415 e. The number of likely N-dealkylation sites (tertiary alicyclic amines) is 1. The Morgan fingerprint density at radius 1 is 1.39 bits per heavy atom. The first-order valence-corrected chi connectivity index (χ1v) is 10.4. The summed E-state index contributed by atoms with van der Waals surface area (Å²) in [6.45, 7) is 1.34. The highest BCUT2D eigenvalue weighted by molar-refractivity contribution is 7.81. The van der Waals surface area contributed by atoms with Crippen LogP contribution < -0.4 is 5.73 Å². The van der Waals surface area contributed by atoms with Crippen molar-refractivity contribution < 1.29 is 29.2 Å². The van der Waals surface area contributed by atoms with E-state index in [0.717, 1.165) is 0 Å². The minimum Gasteiger partial charge on any atom is -0.377 e. The molecule has 2 rings (SSSR count). The third kappa shape index (κ3) is 6.24. The smallest absolute Gasteiger partial charge is 0.377 e. The molecule has 0 bridgehead atoms. The molecule has 0 spiro atoms. The normalized spacial score (nSPS) is 21.1. The van der Waals surface area contributed by atoms with Crippen molar-refractivity contribution in [3.05, 3.63) is 46.0 Å². The number of urea groups is 1. The molecule has 1 aromatic carbocycles. The molecule has 0 saturated carbocycles. The van der Waals surface area contributed by atoms with Crippen molar-refractivity contribution in [1.29, 1.82) is 0 Å². The molecule has 0 radical (unpaired) electrons. The van der Waals surface area contributed by atoms with Crippen LogP contribution >= 0.6 is 25.3 Å². The van der Waals surface area contributed by atoms with Gasteiger partial charge in [-0.25, -0.2) is 14.5 Å². The molecule has 1 aliphatic heterocycles. The van der Waals surface area contributed by atoms with Gasteiger partial charge in [0.25, 0.3) is 0 Å². The fourth-order valence-electron chi connectivity index (χ4n) is 3.36. The van der Waals surface area contributed by atoms with Crippen molar-refractivity contribution in [1.82, 2.24) is 9.80 Å². The van der Waals surface area contributed by atoms with Gasteiger partial charge in [-0.1, -0.05) is 18.2 Å². The Bertz CT molecular complexity index is 826. The number of amides is 4. The number of carbonyl (C=O) groups is 3. The molecule has 3 N–H and O–H groups in total. The first-order valence-electron chi connectivity index (χ1n) is 9.34. The van der Waals surface area contributed by atoms with Crippen molar-refractivity contribution in [2.45, 2.75) is 48.8 Å². The average Bonchev–Trinajstić information content (AvgIpc) is 3.07. The van der Waals surface area contributed by atoms with Crippen LogP contribution in [0.15, 0.2) is 30.3 Å². The Hall–Kier alpha value is -2.51. The Balaban J connectivity index is 2.14. The van der Waals surface area contributed by atoms with Gasteiger partial charge >= 0.3 is 18.4 Å². The van der Waals surface area contributed by atoms with Gasteiger partial charge in [0.1, 0.15) is 6.23 Å². The van der Waals surface area contributed by atoms with E-state index in [0.29, 0.717) is 11.3 Å². The number of carbonyl (C=O) groups excluding carboxylic acids is 3.